The fourth-order valence-electron chi connectivity index (χ4n) is 12.5. The summed E-state index contributed by atoms with van der Waals surface area (Å²) in [5, 5.41) is 2.22. The third kappa shape index (κ3) is 8.87. The summed E-state index contributed by atoms with van der Waals surface area (Å²) in [7, 11) is 0. The molecule has 1 aliphatic carbocycles. The van der Waals surface area contributed by atoms with Crippen LogP contribution in [-0.4, -0.2) is 14.1 Å². The molecule has 0 saturated heterocycles. The normalized spacial score (nSPS) is 14.6. The zero-order valence-electron chi connectivity index (χ0n) is 48.5. The van der Waals surface area contributed by atoms with Crippen molar-refractivity contribution in [1.29, 1.82) is 0 Å². The first-order chi connectivity index (χ1) is 37.5. The number of para-hydroxylation sites is 2. The Balaban J connectivity index is 0.00000637. The summed E-state index contributed by atoms with van der Waals surface area (Å²) in [6.45, 7) is 30.3. The van der Waals surface area contributed by atoms with Gasteiger partial charge in [0.2, 0.25) is 0 Å². The van der Waals surface area contributed by atoms with Gasteiger partial charge in [0.15, 0.2) is 0 Å². The average Bonchev–Trinajstić information content (AvgIpc) is 4.15. The van der Waals surface area contributed by atoms with E-state index in [-0.39, 0.29) is 48.1 Å². The van der Waals surface area contributed by atoms with Gasteiger partial charge in [0, 0.05) is 44.3 Å². The molecule has 0 unspecified atom stereocenters. The standard InChI is InChI=1S/C74H70N4O.Pt/c1-70(2,3)47-30-28-46(29-31-47)53-25-19-26-58-60-44-63-62(73(10,11)35-36-74(63,12)13)43-59(60)54-22-14-15-23-55(54)61-38-49(72(7,8)9)39-66-69(61)77(68(53)58)45-76(66)50-20-18-21-51(41-50)79-52-32-33-57-56-24-16-17-27-64(56)78(65(57)42-52)67-40-48(34-37-75-67)71(4,5)6;/h14-34,37-40,43-44H,35-36H2,1-13H3;/q-2;. The van der Waals surface area contributed by atoms with Crippen molar-refractivity contribution < 1.29 is 30.4 Å². The van der Waals surface area contributed by atoms with Crippen LogP contribution in [-0.2, 0) is 48.1 Å². The molecule has 13 rings (SSSR count). The van der Waals surface area contributed by atoms with Crippen LogP contribution in [0.15, 0.2) is 164 Å². The fourth-order valence-corrected chi connectivity index (χ4v) is 12.5. The number of fused-ring (bicyclic) bond motifs is 11. The summed E-state index contributed by atoms with van der Waals surface area (Å²) in [6.07, 6.45) is 8.26. The van der Waals surface area contributed by atoms with Crippen molar-refractivity contribution in [2.45, 2.75) is 130 Å². The molecule has 3 aromatic heterocycles. The Morgan fingerprint density at radius 1 is 0.500 bits per heavy atom. The fraction of sp³-hybridized carbons (Fsp3) is 0.270. The Labute approximate surface area is 487 Å². The van der Waals surface area contributed by atoms with Gasteiger partial charge in [-0.05, 0) is 154 Å². The largest absolute Gasteiger partial charge is 0.510 e. The third-order valence-corrected chi connectivity index (χ3v) is 17.3. The van der Waals surface area contributed by atoms with Gasteiger partial charge in [0.05, 0.1) is 16.7 Å². The summed E-state index contributed by atoms with van der Waals surface area (Å²) >= 11 is 0. The first kappa shape index (κ1) is 53.3. The number of hydrogen-bond donors (Lipinski definition) is 0. The van der Waals surface area contributed by atoms with E-state index in [0.29, 0.717) is 11.5 Å². The summed E-state index contributed by atoms with van der Waals surface area (Å²) in [5.41, 5.74) is 22.0. The second kappa shape index (κ2) is 18.9. The van der Waals surface area contributed by atoms with Gasteiger partial charge in [-0.3, -0.25) is 4.57 Å². The molecule has 11 aromatic rings. The number of aromatic nitrogens is 4. The molecule has 5 nitrogen and oxygen atoms in total. The van der Waals surface area contributed by atoms with E-state index in [4.69, 9.17) is 9.72 Å². The van der Waals surface area contributed by atoms with Gasteiger partial charge in [-0.15, -0.1) is 29.7 Å². The van der Waals surface area contributed by atoms with Crippen LogP contribution in [0.5, 0.6) is 11.5 Å². The van der Waals surface area contributed by atoms with Crippen LogP contribution in [0.4, 0.5) is 0 Å². The number of nitrogens with zero attached hydrogens (tertiary/aromatic N) is 4. The zero-order chi connectivity index (χ0) is 55.1. The Hall–Kier alpha value is -7.33. The number of rotatable bonds is 5. The Kier molecular flexibility index (Phi) is 12.6. The van der Waals surface area contributed by atoms with E-state index < -0.39 is 0 Å². The first-order valence-electron chi connectivity index (χ1n) is 28.2. The van der Waals surface area contributed by atoms with Crippen LogP contribution >= 0.6 is 0 Å². The van der Waals surface area contributed by atoms with E-state index in [9.17, 15) is 0 Å². The summed E-state index contributed by atoms with van der Waals surface area (Å²) < 4.78 is 13.7. The second-order valence-corrected chi connectivity index (χ2v) is 26.8. The van der Waals surface area contributed by atoms with Gasteiger partial charge in [0.25, 0.3) is 6.33 Å². The molecular formula is C74H70N4OPt-2. The number of ether oxygens (including phenoxy) is 1. The van der Waals surface area contributed by atoms with Gasteiger partial charge in [-0.2, -0.15) is 18.2 Å². The van der Waals surface area contributed by atoms with Crippen LogP contribution in [0.2, 0.25) is 0 Å². The molecule has 0 amide bonds. The van der Waals surface area contributed by atoms with Crippen molar-refractivity contribution in [1.82, 2.24) is 14.1 Å². The minimum absolute atomic E-state index is 0. The number of pyridine rings is 1. The second-order valence-electron chi connectivity index (χ2n) is 26.8. The van der Waals surface area contributed by atoms with Gasteiger partial charge >= 0.3 is 0 Å². The average molecular weight is 1230 g/mol. The van der Waals surface area contributed by atoms with Crippen LogP contribution in [0.25, 0.3) is 94.5 Å². The van der Waals surface area contributed by atoms with E-state index in [1.54, 1.807) is 0 Å². The molecule has 0 radical (unpaired) electrons. The number of benzene rings is 8. The third-order valence-electron chi connectivity index (χ3n) is 17.3. The topological polar surface area (TPSA) is 35.9 Å². The van der Waals surface area contributed by atoms with Gasteiger partial charge < -0.3 is 13.9 Å². The van der Waals surface area contributed by atoms with Crippen LogP contribution in [0.3, 0.4) is 0 Å². The van der Waals surface area contributed by atoms with Gasteiger partial charge in [-0.1, -0.05) is 193 Å². The molecule has 0 fully saturated rings. The maximum atomic E-state index is 6.88. The molecule has 0 spiro atoms. The van der Waals surface area contributed by atoms with E-state index >= 15 is 0 Å². The summed E-state index contributed by atoms with van der Waals surface area (Å²) in [6, 6.07) is 65.9. The van der Waals surface area contributed by atoms with Crippen molar-refractivity contribution in [3.63, 3.8) is 0 Å². The Morgan fingerprint density at radius 3 is 1.79 bits per heavy atom. The van der Waals surface area contributed by atoms with Crippen LogP contribution in [0.1, 0.15) is 131 Å². The monoisotopic (exact) mass is 1230 g/mol. The molecule has 1 aliphatic heterocycles. The molecular weight excluding hydrogens is 1160 g/mol. The first-order valence-corrected chi connectivity index (χ1v) is 28.2. The molecule has 6 heteroatoms. The van der Waals surface area contributed by atoms with Crippen molar-refractivity contribution in [3.05, 3.63) is 210 Å². The van der Waals surface area contributed by atoms with Gasteiger partial charge in [-0.25, -0.2) is 4.98 Å². The Bertz CT molecular complexity index is 4280. The molecule has 0 atom stereocenters. The SMILES string of the molecule is CC(C)(C)c1ccc(-c2cccc3c2-[n+]2[c-]n(-c4[c-]c(Oc5[c-]c6c(cc5)c5ccccc5n6-c5cc(C(C)(C)C)ccn5)ccc4)c4cc(C(C)(C)C)cc(c42)-c2ccccc2-c2cc4c(cc2-3)C(C)(C)CCC4(C)C)cc1.[Pt]. The molecule has 4 heterocycles. The van der Waals surface area contributed by atoms with E-state index in [1.165, 1.54) is 55.6 Å². The van der Waals surface area contributed by atoms with Crippen LogP contribution < -0.4 is 9.30 Å². The van der Waals surface area contributed by atoms with E-state index in [0.717, 1.165) is 79.6 Å². The summed E-state index contributed by atoms with van der Waals surface area (Å²) in [4.78, 5) is 4.93. The zero-order valence-corrected chi connectivity index (χ0v) is 50.8. The molecule has 2 aliphatic rings. The minimum Gasteiger partial charge on any atom is -0.510 e. The van der Waals surface area contributed by atoms with E-state index in [2.05, 4.69) is 268 Å². The van der Waals surface area contributed by atoms with Crippen molar-refractivity contribution in [2.24, 2.45) is 0 Å². The van der Waals surface area contributed by atoms with Crippen molar-refractivity contribution in [3.8, 4) is 73.2 Å². The molecule has 0 saturated carbocycles. The van der Waals surface area contributed by atoms with Gasteiger partial charge in [0.1, 0.15) is 5.82 Å². The predicted molar refractivity (Wildman–Crippen MR) is 327 cm³/mol. The summed E-state index contributed by atoms with van der Waals surface area (Å²) in [5.74, 6) is 2.02. The smallest absolute Gasteiger partial charge is 0.268 e. The number of hydrogen-bond acceptors (Lipinski definition) is 2. The molecule has 0 bridgehead atoms. The molecule has 404 valence electrons. The van der Waals surface area contributed by atoms with E-state index in [1.807, 2.05) is 18.3 Å². The van der Waals surface area contributed by atoms with Crippen molar-refractivity contribution >= 4 is 32.8 Å². The Morgan fingerprint density at radius 2 is 1.10 bits per heavy atom. The predicted octanol–water partition coefficient (Wildman–Crippen LogP) is 18.8. The van der Waals surface area contributed by atoms with Crippen molar-refractivity contribution in [2.75, 3.05) is 0 Å². The molecule has 8 aromatic carbocycles. The molecule has 80 heavy (non-hydrogen) atoms. The minimum atomic E-state index is -0.183. The number of imidazole rings is 1. The maximum absolute atomic E-state index is 6.88. The maximum Gasteiger partial charge on any atom is 0.268 e. The quantitative estimate of drug-likeness (QED) is 0.127. The molecule has 0 N–H and O–H groups in total. The van der Waals surface area contributed by atoms with Crippen LogP contribution in [0, 0.1) is 18.5 Å².